The average Bonchev–Trinajstić information content (AvgIpc) is 3.01. The van der Waals surface area contributed by atoms with E-state index in [9.17, 15) is 22.4 Å². The molecule has 0 atom stereocenters. The Morgan fingerprint density at radius 3 is 2.69 bits per heavy atom. The van der Waals surface area contributed by atoms with Gasteiger partial charge in [0, 0.05) is 27.8 Å². The number of carbonyl (C=O) groups is 1. The SMILES string of the molecule is COCc1c(C(=O)Nc2cc(Cl)ccc2OCC(F)(F)F)sc2cccc(F)c12. The van der Waals surface area contributed by atoms with Gasteiger partial charge in [0.1, 0.15) is 11.6 Å². The smallest absolute Gasteiger partial charge is 0.422 e. The molecule has 154 valence electrons. The lowest BCUT2D eigenvalue weighted by atomic mass is 10.1. The predicted molar refractivity (Wildman–Crippen MR) is 103 cm³/mol. The van der Waals surface area contributed by atoms with E-state index >= 15 is 0 Å². The van der Waals surface area contributed by atoms with Crippen molar-refractivity contribution < 1.29 is 31.8 Å². The fourth-order valence-corrected chi connectivity index (χ4v) is 3.99. The number of alkyl halides is 3. The maximum atomic E-state index is 14.3. The maximum Gasteiger partial charge on any atom is 0.422 e. The quantitative estimate of drug-likeness (QED) is 0.469. The first-order chi connectivity index (χ1) is 13.7. The third kappa shape index (κ3) is 4.98. The molecule has 0 saturated heterocycles. The first-order valence-electron chi connectivity index (χ1n) is 8.19. The van der Waals surface area contributed by atoms with Crippen LogP contribution in [0.15, 0.2) is 36.4 Å². The van der Waals surface area contributed by atoms with Crippen molar-refractivity contribution in [1.82, 2.24) is 0 Å². The molecule has 4 nitrogen and oxygen atoms in total. The minimum Gasteiger partial charge on any atom is -0.482 e. The molecule has 10 heteroatoms. The number of amides is 1. The van der Waals surface area contributed by atoms with Crippen LogP contribution in [0.3, 0.4) is 0 Å². The highest BCUT2D eigenvalue weighted by Crippen LogP contribution is 2.36. The van der Waals surface area contributed by atoms with Crippen molar-refractivity contribution in [1.29, 1.82) is 0 Å². The Hall–Kier alpha value is -2.36. The van der Waals surface area contributed by atoms with E-state index in [0.717, 1.165) is 11.3 Å². The summed E-state index contributed by atoms with van der Waals surface area (Å²) in [6.07, 6.45) is -4.55. The van der Waals surface area contributed by atoms with Gasteiger partial charge >= 0.3 is 6.18 Å². The normalized spacial score (nSPS) is 11.7. The molecular weight excluding hydrogens is 434 g/mol. The van der Waals surface area contributed by atoms with Crippen molar-refractivity contribution >= 4 is 44.6 Å². The summed E-state index contributed by atoms with van der Waals surface area (Å²) in [5.41, 5.74) is 0.316. The van der Waals surface area contributed by atoms with E-state index in [2.05, 4.69) is 5.32 Å². The van der Waals surface area contributed by atoms with Crippen LogP contribution < -0.4 is 10.1 Å². The topological polar surface area (TPSA) is 47.6 Å². The Kier molecular flexibility index (Phi) is 6.30. The number of fused-ring (bicyclic) bond motifs is 1. The predicted octanol–water partition coefficient (Wildman–Crippen LogP) is 6.03. The number of carbonyl (C=O) groups excluding carboxylic acids is 1. The van der Waals surface area contributed by atoms with Crippen LogP contribution in [-0.2, 0) is 11.3 Å². The zero-order chi connectivity index (χ0) is 21.2. The highest BCUT2D eigenvalue weighted by Gasteiger charge is 2.29. The number of hydrogen-bond donors (Lipinski definition) is 1. The number of benzene rings is 2. The average molecular weight is 448 g/mol. The second kappa shape index (κ2) is 8.56. The van der Waals surface area contributed by atoms with Crippen molar-refractivity contribution in [3.8, 4) is 5.75 Å². The molecule has 1 heterocycles. The Bertz CT molecular complexity index is 1050. The standard InChI is InChI=1S/C19H14ClF4NO3S/c1-27-8-11-16-12(21)3-2-4-15(16)29-17(11)18(26)25-13-7-10(20)5-6-14(13)28-9-19(22,23)24/h2-7H,8-9H2,1H3,(H,25,26). The number of methoxy groups -OCH3 is 1. The Labute approximate surface area is 172 Å². The number of ether oxygens (including phenoxy) is 2. The number of halogens is 5. The zero-order valence-corrected chi connectivity index (χ0v) is 16.5. The molecule has 2 aromatic carbocycles. The monoisotopic (exact) mass is 447 g/mol. The van der Waals surface area contributed by atoms with E-state index in [-0.39, 0.29) is 33.3 Å². The van der Waals surface area contributed by atoms with Crippen LogP contribution in [0.1, 0.15) is 15.2 Å². The fourth-order valence-electron chi connectivity index (χ4n) is 2.70. The zero-order valence-electron chi connectivity index (χ0n) is 14.9. The molecule has 0 unspecified atom stereocenters. The van der Waals surface area contributed by atoms with Crippen LogP contribution >= 0.6 is 22.9 Å². The molecule has 0 saturated carbocycles. The molecule has 3 aromatic rings. The number of hydrogen-bond acceptors (Lipinski definition) is 4. The van der Waals surface area contributed by atoms with Crippen LogP contribution in [0.2, 0.25) is 5.02 Å². The largest absolute Gasteiger partial charge is 0.482 e. The van der Waals surface area contributed by atoms with Crippen LogP contribution in [0.25, 0.3) is 10.1 Å². The lowest BCUT2D eigenvalue weighted by Crippen LogP contribution is -2.20. The van der Waals surface area contributed by atoms with Crippen LogP contribution in [0, 0.1) is 5.82 Å². The van der Waals surface area contributed by atoms with Gasteiger partial charge in [0.2, 0.25) is 0 Å². The summed E-state index contributed by atoms with van der Waals surface area (Å²) in [7, 11) is 1.41. The molecule has 0 radical (unpaired) electrons. The Balaban J connectivity index is 1.96. The van der Waals surface area contributed by atoms with Crippen LogP contribution in [0.4, 0.5) is 23.2 Å². The van der Waals surface area contributed by atoms with Gasteiger partial charge in [-0.1, -0.05) is 17.7 Å². The summed E-state index contributed by atoms with van der Waals surface area (Å²) >= 11 is 6.95. The molecular formula is C19H14ClF4NO3S. The minimum absolute atomic E-state index is 0.0172. The van der Waals surface area contributed by atoms with E-state index in [1.54, 1.807) is 6.07 Å². The Morgan fingerprint density at radius 1 is 1.24 bits per heavy atom. The van der Waals surface area contributed by atoms with E-state index in [1.807, 2.05) is 0 Å². The maximum absolute atomic E-state index is 14.3. The van der Waals surface area contributed by atoms with Crippen molar-refractivity contribution in [3.05, 3.63) is 57.7 Å². The van der Waals surface area contributed by atoms with Gasteiger partial charge in [0.25, 0.3) is 5.91 Å². The molecule has 0 aliphatic heterocycles. The van der Waals surface area contributed by atoms with E-state index < -0.39 is 24.5 Å². The third-order valence-corrected chi connectivity index (χ3v) is 5.27. The number of rotatable bonds is 6. The van der Waals surface area contributed by atoms with E-state index in [0.29, 0.717) is 10.3 Å². The molecule has 0 spiro atoms. The van der Waals surface area contributed by atoms with Crippen molar-refractivity contribution in [2.45, 2.75) is 12.8 Å². The summed E-state index contributed by atoms with van der Waals surface area (Å²) in [4.78, 5) is 13.0. The summed E-state index contributed by atoms with van der Waals surface area (Å²) in [6, 6.07) is 8.30. The number of thiophene rings is 1. The third-order valence-electron chi connectivity index (χ3n) is 3.84. The van der Waals surface area contributed by atoms with Gasteiger partial charge < -0.3 is 14.8 Å². The molecule has 3 rings (SSSR count). The molecule has 1 amide bonds. The molecule has 0 bridgehead atoms. The lowest BCUT2D eigenvalue weighted by molar-refractivity contribution is -0.153. The van der Waals surface area contributed by atoms with Crippen LogP contribution in [-0.4, -0.2) is 25.8 Å². The molecule has 1 N–H and O–H groups in total. The highest BCUT2D eigenvalue weighted by atomic mass is 35.5. The second-order valence-corrected chi connectivity index (χ2v) is 7.44. The highest BCUT2D eigenvalue weighted by molar-refractivity contribution is 7.21. The number of nitrogens with one attached hydrogen (secondary N) is 1. The fraction of sp³-hybridized carbons (Fsp3) is 0.211. The first kappa shape index (κ1) is 21.4. The van der Waals surface area contributed by atoms with E-state index in [4.69, 9.17) is 21.1 Å². The van der Waals surface area contributed by atoms with E-state index in [1.165, 1.54) is 37.4 Å². The van der Waals surface area contributed by atoms with Gasteiger partial charge in [0.05, 0.1) is 17.2 Å². The molecule has 0 aliphatic carbocycles. The summed E-state index contributed by atoms with van der Waals surface area (Å²) in [5.74, 6) is -1.33. The molecule has 29 heavy (non-hydrogen) atoms. The molecule has 0 fully saturated rings. The van der Waals surface area contributed by atoms with Gasteiger partial charge in [-0.15, -0.1) is 11.3 Å². The van der Waals surface area contributed by atoms with Crippen molar-refractivity contribution in [2.24, 2.45) is 0 Å². The summed E-state index contributed by atoms with van der Waals surface area (Å²) in [6.45, 7) is -1.54. The molecule has 1 aromatic heterocycles. The Morgan fingerprint density at radius 2 is 2.00 bits per heavy atom. The second-order valence-electron chi connectivity index (χ2n) is 5.95. The van der Waals surface area contributed by atoms with Gasteiger partial charge in [0.15, 0.2) is 6.61 Å². The summed E-state index contributed by atoms with van der Waals surface area (Å²) < 4.78 is 62.2. The van der Waals surface area contributed by atoms with Crippen molar-refractivity contribution in [2.75, 3.05) is 19.0 Å². The van der Waals surface area contributed by atoms with Crippen molar-refractivity contribution in [3.63, 3.8) is 0 Å². The minimum atomic E-state index is -4.55. The number of anilines is 1. The lowest BCUT2D eigenvalue weighted by Gasteiger charge is -2.14. The molecule has 0 aliphatic rings. The van der Waals surface area contributed by atoms with Gasteiger partial charge in [-0.05, 0) is 30.3 Å². The van der Waals surface area contributed by atoms with Gasteiger partial charge in [-0.2, -0.15) is 13.2 Å². The van der Waals surface area contributed by atoms with Gasteiger partial charge in [-0.25, -0.2) is 4.39 Å². The summed E-state index contributed by atoms with van der Waals surface area (Å²) in [5, 5.41) is 2.96. The first-order valence-corrected chi connectivity index (χ1v) is 9.38. The van der Waals surface area contributed by atoms with Crippen LogP contribution in [0.5, 0.6) is 5.75 Å². The van der Waals surface area contributed by atoms with Gasteiger partial charge in [-0.3, -0.25) is 4.79 Å².